The number of hydrogen-bond donors (Lipinski definition) is 0. The third-order valence-corrected chi connectivity index (χ3v) is 17.5. The SMILES string of the molecule is CC[C@H]1O[C@@H](S(=O)(=O)c2ccc(Br)cc2)CC1OP(=S)(OC[C@H]1O[C@@H](S(=O)(=O)c2ccc(Br)cc2)CC1OC(C)C)O[C@@H](c1ccccc1)[C@H]1CCCN1C(C)=O. The zero-order valence-electron chi connectivity index (χ0n) is 32.0. The van der Waals surface area contributed by atoms with Gasteiger partial charge in [-0.25, -0.2) is 16.8 Å². The number of carbonyl (C=O) groups is 1. The lowest BCUT2D eigenvalue weighted by Crippen LogP contribution is -2.39. The largest absolute Gasteiger partial charge is 0.373 e. The average Bonchev–Trinajstić information content (AvgIpc) is 3.93. The van der Waals surface area contributed by atoms with E-state index in [0.29, 0.717) is 19.4 Å². The van der Waals surface area contributed by atoms with Crippen molar-refractivity contribution in [2.24, 2.45) is 0 Å². The summed E-state index contributed by atoms with van der Waals surface area (Å²) in [5.74, 6) is -0.112. The van der Waals surface area contributed by atoms with E-state index in [9.17, 15) is 21.6 Å². The first kappa shape index (κ1) is 44.9. The van der Waals surface area contributed by atoms with E-state index in [1.54, 1.807) is 29.2 Å². The molecule has 3 aliphatic heterocycles. The summed E-state index contributed by atoms with van der Waals surface area (Å²) in [6.07, 6.45) is -2.35. The highest BCUT2D eigenvalue weighted by molar-refractivity contribution is 9.10. The number of carbonyl (C=O) groups excluding carboxylic acids is 1. The summed E-state index contributed by atoms with van der Waals surface area (Å²) in [6, 6.07) is 21.7. The van der Waals surface area contributed by atoms with Crippen molar-refractivity contribution in [2.45, 2.75) is 123 Å². The standard InChI is InChI=1S/C39H48Br2NO11PS3/c1-5-33-35(23-38(50-33)57(46,47)31-19-15-29(41)16-20-31)52-54(55,53-39(27-10-7-6-8-11-27)32-12-9-21-42(32)26(4)43)48-24-36-34(49-25(2)3)22-37(51-36)56(44,45)30-17-13-28(40)14-18-30/h6-8,10-11,13-20,25,32-39H,5,9,12,21-24H2,1-4H3/t32-,33-,34?,35?,36-,37+,38+,39+,54?/m1/s1. The van der Waals surface area contributed by atoms with Crippen LogP contribution in [0.25, 0.3) is 0 Å². The number of sulfone groups is 2. The normalized spacial score (nSPS) is 27.1. The molecule has 3 aliphatic rings. The van der Waals surface area contributed by atoms with E-state index < -0.39 is 73.8 Å². The van der Waals surface area contributed by atoms with Crippen LogP contribution in [0.4, 0.5) is 0 Å². The molecule has 0 aliphatic carbocycles. The Morgan fingerprint density at radius 3 is 1.93 bits per heavy atom. The van der Waals surface area contributed by atoms with E-state index in [2.05, 4.69) is 31.9 Å². The lowest BCUT2D eigenvalue weighted by Gasteiger charge is -2.36. The van der Waals surface area contributed by atoms with Gasteiger partial charge >= 0.3 is 6.72 Å². The van der Waals surface area contributed by atoms with Crippen molar-refractivity contribution in [3.63, 3.8) is 0 Å². The average molecular weight is 994 g/mol. The summed E-state index contributed by atoms with van der Waals surface area (Å²) >= 11 is 13.0. The van der Waals surface area contributed by atoms with Crippen LogP contribution >= 0.6 is 38.6 Å². The molecular formula is C39H48Br2NO11PS3. The van der Waals surface area contributed by atoms with Gasteiger partial charge in [0.1, 0.15) is 12.2 Å². The van der Waals surface area contributed by atoms with Gasteiger partial charge in [0, 0.05) is 35.3 Å². The highest BCUT2D eigenvalue weighted by Gasteiger charge is 2.49. The van der Waals surface area contributed by atoms with Gasteiger partial charge in [-0.15, -0.1) is 0 Å². The summed E-state index contributed by atoms with van der Waals surface area (Å²) in [6.45, 7) is 3.44. The molecule has 0 N–H and O–H groups in total. The van der Waals surface area contributed by atoms with Gasteiger partial charge in [-0.1, -0.05) is 69.1 Å². The predicted octanol–water partition coefficient (Wildman–Crippen LogP) is 8.29. The fourth-order valence-electron chi connectivity index (χ4n) is 7.47. The van der Waals surface area contributed by atoms with Crippen molar-refractivity contribution in [1.82, 2.24) is 4.90 Å². The van der Waals surface area contributed by atoms with E-state index in [1.165, 1.54) is 31.2 Å². The zero-order valence-corrected chi connectivity index (χ0v) is 38.5. The minimum absolute atomic E-state index is 0.0431. The van der Waals surface area contributed by atoms with Crippen LogP contribution in [-0.2, 0) is 64.1 Å². The Morgan fingerprint density at radius 2 is 1.40 bits per heavy atom. The van der Waals surface area contributed by atoms with Crippen molar-refractivity contribution in [3.8, 4) is 0 Å². The minimum atomic E-state index is -3.94. The van der Waals surface area contributed by atoms with Gasteiger partial charge in [-0.2, -0.15) is 0 Å². The second kappa shape index (κ2) is 19.0. The zero-order chi connectivity index (χ0) is 41.1. The highest BCUT2D eigenvalue weighted by Crippen LogP contribution is 2.58. The third kappa shape index (κ3) is 10.7. The van der Waals surface area contributed by atoms with Gasteiger partial charge in [0.25, 0.3) is 0 Å². The number of rotatable bonds is 16. The molecule has 3 heterocycles. The molecule has 18 heteroatoms. The van der Waals surface area contributed by atoms with E-state index in [0.717, 1.165) is 20.9 Å². The second-order valence-electron chi connectivity index (χ2n) is 14.6. The van der Waals surface area contributed by atoms with E-state index in [-0.39, 0.29) is 41.3 Å². The molecule has 3 aromatic carbocycles. The number of halogens is 2. The molecular weight excluding hydrogens is 945 g/mol. The Labute approximate surface area is 357 Å². The molecule has 3 fully saturated rings. The summed E-state index contributed by atoms with van der Waals surface area (Å²) in [5, 5.41) is 0. The van der Waals surface area contributed by atoms with E-state index >= 15 is 0 Å². The van der Waals surface area contributed by atoms with Crippen LogP contribution in [-0.4, -0.2) is 88.2 Å². The smallest absolute Gasteiger partial charge is 0.328 e. The number of nitrogens with zero attached hydrogens (tertiary/aromatic N) is 1. The molecule has 9 atom stereocenters. The molecule has 3 aromatic rings. The molecule has 0 bridgehead atoms. The predicted molar refractivity (Wildman–Crippen MR) is 225 cm³/mol. The molecule has 1 amide bonds. The Bertz CT molecular complexity index is 2110. The lowest BCUT2D eigenvalue weighted by atomic mass is 10.0. The fourth-order valence-corrected chi connectivity index (χ4v) is 13.5. The second-order valence-corrected chi connectivity index (χ2v) is 23.5. The van der Waals surface area contributed by atoms with Crippen LogP contribution in [0.15, 0.2) is 97.6 Å². The summed E-state index contributed by atoms with van der Waals surface area (Å²) in [4.78, 5) is 14.8. The monoisotopic (exact) mass is 991 g/mol. The first-order chi connectivity index (χ1) is 27.0. The van der Waals surface area contributed by atoms with Crippen LogP contribution in [0.2, 0.25) is 0 Å². The van der Waals surface area contributed by atoms with Gasteiger partial charge in [0.15, 0.2) is 10.9 Å². The highest BCUT2D eigenvalue weighted by atomic mass is 79.9. The van der Waals surface area contributed by atoms with Crippen LogP contribution in [0.1, 0.15) is 71.5 Å². The topological polar surface area (TPSA) is 144 Å². The van der Waals surface area contributed by atoms with Crippen molar-refractivity contribution >= 4 is 76.0 Å². The van der Waals surface area contributed by atoms with Gasteiger partial charge in [-0.05, 0) is 99.0 Å². The maximum Gasteiger partial charge on any atom is 0.328 e. The van der Waals surface area contributed by atoms with Crippen molar-refractivity contribution in [1.29, 1.82) is 0 Å². The molecule has 3 unspecified atom stereocenters. The summed E-state index contributed by atoms with van der Waals surface area (Å²) < 4.78 is 95.4. The molecule has 0 radical (unpaired) electrons. The Balaban J connectivity index is 1.32. The van der Waals surface area contributed by atoms with Gasteiger partial charge in [0.05, 0.1) is 46.9 Å². The van der Waals surface area contributed by atoms with Gasteiger partial charge in [0.2, 0.25) is 25.6 Å². The van der Waals surface area contributed by atoms with Gasteiger partial charge < -0.3 is 28.2 Å². The van der Waals surface area contributed by atoms with Gasteiger partial charge in [-0.3, -0.25) is 9.32 Å². The molecule has 0 spiro atoms. The molecule has 6 rings (SSSR count). The molecule has 0 saturated carbocycles. The molecule has 3 saturated heterocycles. The Kier molecular flexibility index (Phi) is 15.0. The number of ether oxygens (including phenoxy) is 3. The third-order valence-electron chi connectivity index (χ3n) is 10.2. The first-order valence-electron chi connectivity index (χ1n) is 18.9. The number of likely N-dealkylation sites (tertiary alicyclic amines) is 1. The van der Waals surface area contributed by atoms with Crippen molar-refractivity contribution in [2.75, 3.05) is 13.2 Å². The fraction of sp³-hybridized carbons (Fsp3) is 0.513. The number of hydrogen-bond acceptors (Lipinski definition) is 12. The lowest BCUT2D eigenvalue weighted by molar-refractivity contribution is -0.131. The van der Waals surface area contributed by atoms with Crippen LogP contribution in [0.3, 0.4) is 0 Å². The molecule has 12 nitrogen and oxygen atoms in total. The number of amides is 1. The van der Waals surface area contributed by atoms with Crippen LogP contribution in [0.5, 0.6) is 0 Å². The maximum absolute atomic E-state index is 13.8. The Morgan fingerprint density at radius 1 is 0.860 bits per heavy atom. The van der Waals surface area contributed by atoms with E-state index in [1.807, 2.05) is 51.1 Å². The molecule has 0 aromatic heterocycles. The maximum atomic E-state index is 13.8. The van der Waals surface area contributed by atoms with Crippen LogP contribution < -0.4 is 0 Å². The first-order valence-corrected chi connectivity index (χ1v) is 26.1. The van der Waals surface area contributed by atoms with Crippen molar-refractivity contribution in [3.05, 3.63) is 93.4 Å². The quantitative estimate of drug-likeness (QED) is 0.127. The number of benzene rings is 3. The Hall–Kier alpha value is -1.60. The molecule has 57 heavy (non-hydrogen) atoms. The summed E-state index contributed by atoms with van der Waals surface area (Å²) in [7, 11) is -7.88. The minimum Gasteiger partial charge on any atom is -0.373 e. The summed E-state index contributed by atoms with van der Waals surface area (Å²) in [5.41, 5.74) is -1.70. The van der Waals surface area contributed by atoms with Crippen molar-refractivity contribution < 1.29 is 49.4 Å². The molecule has 312 valence electrons. The van der Waals surface area contributed by atoms with Crippen LogP contribution in [0, 0.1) is 0 Å². The van der Waals surface area contributed by atoms with E-state index in [4.69, 9.17) is 39.6 Å².